The average Bonchev–Trinajstić information content (AvgIpc) is 3.12. The number of aryl methyl sites for hydroxylation is 2. The SMILES string of the molecule is Cc1cccnc1-n1nc(Br)cc1-c1nc2c(C)csc2c(=O)o1. The number of halogens is 1. The molecule has 24 heavy (non-hydrogen) atoms. The van der Waals surface area contributed by atoms with Gasteiger partial charge in [-0.3, -0.25) is 0 Å². The van der Waals surface area contributed by atoms with E-state index in [2.05, 4.69) is 31.0 Å². The predicted octanol–water partition coefficient (Wildman–Crippen LogP) is 3.88. The third kappa shape index (κ3) is 2.38. The molecule has 0 aliphatic heterocycles. The fraction of sp³-hybridized carbons (Fsp3) is 0.125. The summed E-state index contributed by atoms with van der Waals surface area (Å²) in [5, 5.41) is 6.31. The molecule has 0 aliphatic carbocycles. The summed E-state index contributed by atoms with van der Waals surface area (Å²) in [6, 6.07) is 5.56. The quantitative estimate of drug-likeness (QED) is 0.508. The molecule has 0 aliphatic rings. The molecule has 4 aromatic heterocycles. The van der Waals surface area contributed by atoms with Crippen LogP contribution in [-0.4, -0.2) is 19.7 Å². The van der Waals surface area contributed by atoms with E-state index in [4.69, 9.17) is 4.42 Å². The maximum Gasteiger partial charge on any atom is 0.357 e. The molecule has 120 valence electrons. The fourth-order valence-corrected chi connectivity index (χ4v) is 3.69. The van der Waals surface area contributed by atoms with Crippen molar-refractivity contribution in [3.05, 3.63) is 55.9 Å². The Morgan fingerprint density at radius 3 is 2.92 bits per heavy atom. The van der Waals surface area contributed by atoms with Crippen molar-refractivity contribution in [2.45, 2.75) is 13.8 Å². The lowest BCUT2D eigenvalue weighted by Gasteiger charge is -2.07. The first kappa shape index (κ1) is 15.2. The number of hydrogen-bond acceptors (Lipinski definition) is 6. The molecular formula is C16H11BrN4O2S. The largest absolute Gasteiger partial charge is 0.401 e. The first-order valence-corrected chi connectivity index (χ1v) is 8.79. The maximum atomic E-state index is 12.3. The molecule has 0 spiro atoms. The van der Waals surface area contributed by atoms with Crippen LogP contribution in [0.4, 0.5) is 0 Å². The lowest BCUT2D eigenvalue weighted by atomic mass is 10.3. The highest BCUT2D eigenvalue weighted by atomic mass is 79.9. The summed E-state index contributed by atoms with van der Waals surface area (Å²) < 4.78 is 8.19. The summed E-state index contributed by atoms with van der Waals surface area (Å²) >= 11 is 4.71. The molecule has 4 rings (SSSR count). The van der Waals surface area contributed by atoms with Crippen molar-refractivity contribution in [3.8, 4) is 17.4 Å². The lowest BCUT2D eigenvalue weighted by Crippen LogP contribution is -2.07. The molecule has 6 nitrogen and oxygen atoms in total. The third-order valence-corrected chi connectivity index (χ3v) is 5.07. The number of hydrogen-bond donors (Lipinski definition) is 0. The molecule has 4 aromatic rings. The minimum Gasteiger partial charge on any atom is -0.401 e. The molecule has 0 saturated heterocycles. The highest BCUT2D eigenvalue weighted by Crippen LogP contribution is 2.28. The third-order valence-electron chi connectivity index (χ3n) is 3.61. The van der Waals surface area contributed by atoms with Gasteiger partial charge < -0.3 is 4.42 Å². The summed E-state index contributed by atoms with van der Waals surface area (Å²) in [6.07, 6.45) is 1.69. The van der Waals surface area contributed by atoms with Crippen LogP contribution < -0.4 is 5.63 Å². The molecule has 0 unspecified atom stereocenters. The van der Waals surface area contributed by atoms with Gasteiger partial charge in [0.15, 0.2) is 5.82 Å². The molecule has 0 radical (unpaired) electrons. The van der Waals surface area contributed by atoms with Crippen LogP contribution in [0.2, 0.25) is 0 Å². The summed E-state index contributed by atoms with van der Waals surface area (Å²) in [5.41, 5.74) is 2.73. The van der Waals surface area contributed by atoms with Gasteiger partial charge in [-0.05, 0) is 52.4 Å². The van der Waals surface area contributed by atoms with Crippen molar-refractivity contribution in [1.29, 1.82) is 0 Å². The second kappa shape index (κ2) is 5.64. The second-order valence-corrected chi connectivity index (χ2v) is 7.00. The van der Waals surface area contributed by atoms with Crippen LogP contribution in [-0.2, 0) is 0 Å². The van der Waals surface area contributed by atoms with E-state index in [9.17, 15) is 4.79 Å². The monoisotopic (exact) mass is 402 g/mol. The summed E-state index contributed by atoms with van der Waals surface area (Å²) in [4.78, 5) is 21.2. The topological polar surface area (TPSA) is 73.8 Å². The van der Waals surface area contributed by atoms with Crippen LogP contribution in [0.1, 0.15) is 11.1 Å². The van der Waals surface area contributed by atoms with Crippen LogP contribution >= 0.6 is 27.3 Å². The number of rotatable bonds is 2. The van der Waals surface area contributed by atoms with Gasteiger partial charge in [-0.25, -0.2) is 19.4 Å². The van der Waals surface area contributed by atoms with Crippen LogP contribution in [0.15, 0.2) is 43.6 Å². The van der Waals surface area contributed by atoms with E-state index in [1.165, 1.54) is 11.3 Å². The summed E-state index contributed by atoms with van der Waals surface area (Å²) in [7, 11) is 0. The van der Waals surface area contributed by atoms with Gasteiger partial charge in [0, 0.05) is 12.3 Å². The Hall–Kier alpha value is -2.32. The molecule has 0 atom stereocenters. The van der Waals surface area contributed by atoms with Crippen molar-refractivity contribution >= 4 is 37.5 Å². The Labute approximate surface area is 148 Å². The van der Waals surface area contributed by atoms with Crippen molar-refractivity contribution in [2.75, 3.05) is 0 Å². The molecular weight excluding hydrogens is 392 g/mol. The zero-order chi connectivity index (χ0) is 16.8. The average molecular weight is 403 g/mol. The zero-order valence-electron chi connectivity index (χ0n) is 12.8. The first-order valence-electron chi connectivity index (χ1n) is 7.11. The van der Waals surface area contributed by atoms with Gasteiger partial charge in [-0.15, -0.1) is 11.3 Å². The highest BCUT2D eigenvalue weighted by molar-refractivity contribution is 9.10. The zero-order valence-corrected chi connectivity index (χ0v) is 15.2. The Morgan fingerprint density at radius 2 is 2.12 bits per heavy atom. The van der Waals surface area contributed by atoms with E-state index >= 15 is 0 Å². The fourth-order valence-electron chi connectivity index (χ4n) is 2.45. The molecule has 0 saturated carbocycles. The Morgan fingerprint density at radius 1 is 1.29 bits per heavy atom. The van der Waals surface area contributed by atoms with Gasteiger partial charge in [0.1, 0.15) is 15.0 Å². The molecule has 8 heteroatoms. The number of nitrogens with zero attached hydrogens (tertiary/aromatic N) is 4. The van der Waals surface area contributed by atoms with Gasteiger partial charge in [-0.1, -0.05) is 6.07 Å². The van der Waals surface area contributed by atoms with Crippen LogP contribution in [0.5, 0.6) is 0 Å². The molecule has 0 bridgehead atoms. The maximum absolute atomic E-state index is 12.3. The van der Waals surface area contributed by atoms with Crippen molar-refractivity contribution < 1.29 is 4.42 Å². The smallest absolute Gasteiger partial charge is 0.357 e. The van der Waals surface area contributed by atoms with Gasteiger partial charge in [-0.2, -0.15) is 5.10 Å². The molecule has 0 fully saturated rings. The first-order chi connectivity index (χ1) is 11.5. The molecule has 0 N–H and O–H groups in total. The Bertz CT molecular complexity index is 1130. The van der Waals surface area contributed by atoms with E-state index in [1.54, 1.807) is 16.9 Å². The number of aromatic nitrogens is 4. The van der Waals surface area contributed by atoms with Crippen LogP contribution in [0, 0.1) is 13.8 Å². The van der Waals surface area contributed by atoms with Gasteiger partial charge in [0.2, 0.25) is 5.89 Å². The van der Waals surface area contributed by atoms with Gasteiger partial charge >= 0.3 is 5.63 Å². The van der Waals surface area contributed by atoms with Crippen molar-refractivity contribution in [1.82, 2.24) is 19.7 Å². The van der Waals surface area contributed by atoms with Crippen LogP contribution in [0.3, 0.4) is 0 Å². The lowest BCUT2D eigenvalue weighted by molar-refractivity contribution is 0.514. The highest BCUT2D eigenvalue weighted by Gasteiger charge is 2.19. The number of pyridine rings is 1. The van der Waals surface area contributed by atoms with E-state index < -0.39 is 5.63 Å². The number of thiophene rings is 1. The Kier molecular flexibility index (Phi) is 3.58. The molecule has 0 aromatic carbocycles. The van der Waals surface area contributed by atoms with E-state index in [0.717, 1.165) is 11.1 Å². The van der Waals surface area contributed by atoms with E-state index in [-0.39, 0.29) is 5.89 Å². The molecule has 4 heterocycles. The standard InChI is InChI=1S/C16H11BrN4O2S/c1-8-4-3-5-18-14(8)21-10(6-11(17)20-21)15-19-12-9(2)7-24-13(12)16(22)23-15/h3-7H,1-2H3. The second-order valence-electron chi connectivity index (χ2n) is 5.31. The van der Waals surface area contributed by atoms with E-state index in [1.807, 2.05) is 31.4 Å². The van der Waals surface area contributed by atoms with Crippen molar-refractivity contribution in [2.24, 2.45) is 0 Å². The summed E-state index contributed by atoms with van der Waals surface area (Å²) in [5.74, 6) is 0.877. The van der Waals surface area contributed by atoms with Crippen LogP contribution in [0.25, 0.3) is 27.6 Å². The van der Waals surface area contributed by atoms with Crippen molar-refractivity contribution in [3.63, 3.8) is 0 Å². The van der Waals surface area contributed by atoms with Gasteiger partial charge in [0.25, 0.3) is 0 Å². The number of fused-ring (bicyclic) bond motifs is 1. The minimum absolute atomic E-state index is 0.220. The Balaban J connectivity index is 2.00. The predicted molar refractivity (Wildman–Crippen MR) is 95.7 cm³/mol. The normalized spacial score (nSPS) is 11.3. The minimum atomic E-state index is -0.394. The summed E-state index contributed by atoms with van der Waals surface area (Å²) in [6.45, 7) is 3.86. The van der Waals surface area contributed by atoms with Gasteiger partial charge in [0.05, 0.1) is 5.52 Å². The molecule has 0 amide bonds. The van der Waals surface area contributed by atoms with E-state index in [0.29, 0.717) is 26.3 Å².